The fourth-order valence-corrected chi connectivity index (χ4v) is 2.12. The van der Waals surface area contributed by atoms with Gasteiger partial charge in [-0.15, -0.1) is 11.6 Å². The molecule has 0 heterocycles. The minimum atomic E-state index is -3.24. The van der Waals surface area contributed by atoms with Gasteiger partial charge in [0.05, 0.1) is 11.9 Å². The van der Waals surface area contributed by atoms with Crippen molar-refractivity contribution in [1.29, 1.82) is 0 Å². The van der Waals surface area contributed by atoms with Crippen molar-refractivity contribution in [3.63, 3.8) is 0 Å². The van der Waals surface area contributed by atoms with Crippen LogP contribution in [0.3, 0.4) is 0 Å². The Bertz CT molecular complexity index is 428. The monoisotopic (exact) mass is 233 g/mol. The zero-order chi connectivity index (χ0) is 10.8. The Kier molecular flexibility index (Phi) is 3.39. The van der Waals surface area contributed by atoms with Crippen molar-refractivity contribution >= 4 is 27.3 Å². The summed E-state index contributed by atoms with van der Waals surface area (Å²) in [6, 6.07) is 5.38. The summed E-state index contributed by atoms with van der Waals surface area (Å²) < 4.78 is 24.5. The van der Waals surface area contributed by atoms with E-state index in [0.29, 0.717) is 11.6 Å². The van der Waals surface area contributed by atoms with Crippen LogP contribution in [0.1, 0.15) is 11.1 Å². The third-order valence-electron chi connectivity index (χ3n) is 1.84. The van der Waals surface area contributed by atoms with Gasteiger partial charge in [-0.05, 0) is 24.1 Å². The number of halogens is 1. The average molecular weight is 234 g/mol. The molecule has 0 radical (unpaired) electrons. The Morgan fingerprint density at radius 1 is 1.43 bits per heavy atom. The molecule has 1 aromatic rings. The van der Waals surface area contributed by atoms with E-state index in [1.165, 1.54) is 0 Å². The second-order valence-electron chi connectivity index (χ2n) is 3.11. The van der Waals surface area contributed by atoms with Crippen LogP contribution in [-0.4, -0.2) is 14.7 Å². The van der Waals surface area contributed by atoms with Crippen LogP contribution in [0.15, 0.2) is 18.2 Å². The topological polar surface area (TPSA) is 46.2 Å². The second kappa shape index (κ2) is 4.19. The van der Waals surface area contributed by atoms with E-state index >= 15 is 0 Å². The highest BCUT2D eigenvalue weighted by Crippen LogP contribution is 2.22. The van der Waals surface area contributed by atoms with Crippen LogP contribution in [0.2, 0.25) is 0 Å². The standard InChI is InChI=1S/C9H12ClNO2S/c1-7-4-3-5-9(8(7)6-10)11-14(2,12)13/h3-5,11H,6H2,1-2H3. The Balaban J connectivity index is 3.15. The number of anilines is 1. The maximum Gasteiger partial charge on any atom is 0.229 e. The van der Waals surface area contributed by atoms with Gasteiger partial charge in [0.25, 0.3) is 0 Å². The van der Waals surface area contributed by atoms with Crippen LogP contribution < -0.4 is 4.72 Å². The maximum atomic E-state index is 11.0. The van der Waals surface area contributed by atoms with Gasteiger partial charge in [-0.3, -0.25) is 4.72 Å². The van der Waals surface area contributed by atoms with E-state index in [2.05, 4.69) is 4.72 Å². The molecule has 0 amide bonds. The van der Waals surface area contributed by atoms with Gasteiger partial charge in [0.15, 0.2) is 0 Å². The van der Waals surface area contributed by atoms with Crippen molar-refractivity contribution < 1.29 is 8.42 Å². The van der Waals surface area contributed by atoms with Crippen LogP contribution in [0.5, 0.6) is 0 Å². The van der Waals surface area contributed by atoms with Gasteiger partial charge in [0.2, 0.25) is 10.0 Å². The van der Waals surface area contributed by atoms with Crippen LogP contribution in [0, 0.1) is 6.92 Å². The van der Waals surface area contributed by atoms with E-state index < -0.39 is 10.0 Å². The Morgan fingerprint density at radius 2 is 2.07 bits per heavy atom. The summed E-state index contributed by atoms with van der Waals surface area (Å²) in [5, 5.41) is 0. The van der Waals surface area contributed by atoms with Crippen LogP contribution >= 0.6 is 11.6 Å². The van der Waals surface area contributed by atoms with E-state index in [1.807, 2.05) is 13.0 Å². The molecule has 14 heavy (non-hydrogen) atoms. The fourth-order valence-electron chi connectivity index (χ4n) is 1.18. The number of benzene rings is 1. The zero-order valence-corrected chi connectivity index (χ0v) is 9.61. The molecule has 1 aromatic carbocycles. The molecule has 0 aliphatic rings. The third-order valence-corrected chi connectivity index (χ3v) is 2.70. The summed E-state index contributed by atoms with van der Waals surface area (Å²) in [5.74, 6) is 0.296. The smallest absolute Gasteiger partial charge is 0.229 e. The fraction of sp³-hybridized carbons (Fsp3) is 0.333. The molecule has 0 aliphatic heterocycles. The van der Waals surface area contributed by atoms with Crippen molar-refractivity contribution in [3.05, 3.63) is 29.3 Å². The minimum Gasteiger partial charge on any atom is -0.283 e. The molecule has 1 rings (SSSR count). The first-order valence-corrected chi connectivity index (χ1v) is 6.49. The predicted octanol–water partition coefficient (Wildman–Crippen LogP) is 2.11. The van der Waals surface area contributed by atoms with Gasteiger partial charge < -0.3 is 0 Å². The molecule has 0 atom stereocenters. The SMILES string of the molecule is Cc1cccc(NS(C)(=O)=O)c1CCl. The molecule has 0 aromatic heterocycles. The van der Waals surface area contributed by atoms with Gasteiger partial charge in [0, 0.05) is 5.88 Å². The minimum absolute atomic E-state index is 0.296. The maximum absolute atomic E-state index is 11.0. The number of alkyl halides is 1. The lowest BCUT2D eigenvalue weighted by Crippen LogP contribution is -2.11. The Hall–Kier alpha value is -0.740. The van der Waals surface area contributed by atoms with E-state index in [1.54, 1.807) is 12.1 Å². The summed E-state index contributed by atoms with van der Waals surface area (Å²) >= 11 is 5.73. The first-order valence-electron chi connectivity index (χ1n) is 4.06. The van der Waals surface area contributed by atoms with Gasteiger partial charge in [-0.1, -0.05) is 12.1 Å². The number of rotatable bonds is 3. The molecule has 0 unspecified atom stereocenters. The van der Waals surface area contributed by atoms with Crippen LogP contribution in [-0.2, 0) is 15.9 Å². The van der Waals surface area contributed by atoms with Crippen LogP contribution in [0.4, 0.5) is 5.69 Å². The molecule has 5 heteroatoms. The molecule has 0 saturated carbocycles. The summed E-state index contributed by atoms with van der Waals surface area (Å²) in [4.78, 5) is 0. The van der Waals surface area contributed by atoms with E-state index in [9.17, 15) is 8.42 Å². The molecule has 3 nitrogen and oxygen atoms in total. The largest absolute Gasteiger partial charge is 0.283 e. The summed E-state index contributed by atoms with van der Waals surface area (Å²) in [7, 11) is -3.24. The highest BCUT2D eigenvalue weighted by Gasteiger charge is 2.08. The predicted molar refractivity (Wildman–Crippen MR) is 59.2 cm³/mol. The highest BCUT2D eigenvalue weighted by molar-refractivity contribution is 7.92. The molecule has 0 spiro atoms. The van der Waals surface area contributed by atoms with E-state index in [-0.39, 0.29) is 0 Å². The van der Waals surface area contributed by atoms with Crippen molar-refractivity contribution in [2.75, 3.05) is 11.0 Å². The number of hydrogen-bond donors (Lipinski definition) is 1. The van der Waals surface area contributed by atoms with Gasteiger partial charge in [-0.2, -0.15) is 0 Å². The Labute approximate surface area is 89.1 Å². The Morgan fingerprint density at radius 3 is 2.57 bits per heavy atom. The first kappa shape index (κ1) is 11.3. The lowest BCUT2D eigenvalue weighted by atomic mass is 10.1. The van der Waals surface area contributed by atoms with Gasteiger partial charge in [0.1, 0.15) is 0 Å². The average Bonchev–Trinajstić information content (AvgIpc) is 2.01. The lowest BCUT2D eigenvalue weighted by molar-refractivity contribution is 0.607. The zero-order valence-electron chi connectivity index (χ0n) is 8.04. The van der Waals surface area contributed by atoms with Crippen molar-refractivity contribution in [2.24, 2.45) is 0 Å². The van der Waals surface area contributed by atoms with Crippen LogP contribution in [0.25, 0.3) is 0 Å². The number of aryl methyl sites for hydroxylation is 1. The number of hydrogen-bond acceptors (Lipinski definition) is 2. The summed E-state index contributed by atoms with van der Waals surface area (Å²) in [5.41, 5.74) is 2.36. The number of sulfonamides is 1. The van der Waals surface area contributed by atoms with Crippen molar-refractivity contribution in [2.45, 2.75) is 12.8 Å². The van der Waals surface area contributed by atoms with E-state index in [4.69, 9.17) is 11.6 Å². The molecule has 0 bridgehead atoms. The third kappa shape index (κ3) is 2.89. The van der Waals surface area contributed by atoms with Gasteiger partial charge in [-0.25, -0.2) is 8.42 Å². The van der Waals surface area contributed by atoms with E-state index in [0.717, 1.165) is 17.4 Å². The first-order chi connectivity index (χ1) is 6.44. The quantitative estimate of drug-likeness (QED) is 0.813. The molecular formula is C9H12ClNO2S. The van der Waals surface area contributed by atoms with Gasteiger partial charge >= 0.3 is 0 Å². The highest BCUT2D eigenvalue weighted by atomic mass is 35.5. The normalized spacial score (nSPS) is 11.4. The second-order valence-corrected chi connectivity index (χ2v) is 5.12. The van der Waals surface area contributed by atoms with Crippen molar-refractivity contribution in [1.82, 2.24) is 0 Å². The number of nitrogens with one attached hydrogen (secondary N) is 1. The van der Waals surface area contributed by atoms with Crippen molar-refractivity contribution in [3.8, 4) is 0 Å². The molecule has 1 N–H and O–H groups in total. The molecule has 78 valence electrons. The lowest BCUT2D eigenvalue weighted by Gasteiger charge is -2.10. The molecule has 0 saturated heterocycles. The molecule has 0 aliphatic carbocycles. The summed E-state index contributed by atoms with van der Waals surface area (Å²) in [6.45, 7) is 1.89. The summed E-state index contributed by atoms with van der Waals surface area (Å²) in [6.07, 6.45) is 1.12. The molecular weight excluding hydrogens is 222 g/mol. The molecule has 0 fully saturated rings.